The van der Waals surface area contributed by atoms with Crippen LogP contribution in [0.25, 0.3) is 0 Å². The van der Waals surface area contributed by atoms with Gasteiger partial charge < -0.3 is 15.7 Å². The minimum atomic E-state index is -0.709. The molecule has 0 atom stereocenters. The molecule has 5 nitrogen and oxygen atoms in total. The van der Waals surface area contributed by atoms with Crippen molar-refractivity contribution in [3.8, 4) is 11.8 Å². The van der Waals surface area contributed by atoms with Gasteiger partial charge in [0, 0.05) is 18.5 Å². The van der Waals surface area contributed by atoms with E-state index < -0.39 is 11.7 Å². The van der Waals surface area contributed by atoms with Crippen LogP contribution in [0.1, 0.15) is 29.3 Å². The smallest absolute Gasteiger partial charge is 0.254 e. The summed E-state index contributed by atoms with van der Waals surface area (Å²) in [6.45, 7) is 1.96. The maximum atomic E-state index is 13.8. The molecular formula is C15H17FN2O3. The van der Waals surface area contributed by atoms with E-state index in [1.807, 2.05) is 0 Å². The van der Waals surface area contributed by atoms with Crippen molar-refractivity contribution in [2.45, 2.75) is 13.3 Å². The van der Waals surface area contributed by atoms with Crippen molar-refractivity contribution in [2.75, 3.05) is 19.7 Å². The van der Waals surface area contributed by atoms with Crippen molar-refractivity contribution in [2.24, 2.45) is 0 Å². The Labute approximate surface area is 122 Å². The highest BCUT2D eigenvalue weighted by Crippen LogP contribution is 2.09. The minimum Gasteiger partial charge on any atom is -0.395 e. The molecule has 0 aliphatic heterocycles. The van der Waals surface area contributed by atoms with Crippen LogP contribution in [0.3, 0.4) is 0 Å². The van der Waals surface area contributed by atoms with E-state index >= 15 is 0 Å². The fourth-order valence-corrected chi connectivity index (χ4v) is 1.51. The Hall–Kier alpha value is -2.39. The van der Waals surface area contributed by atoms with Crippen molar-refractivity contribution >= 4 is 11.8 Å². The quantitative estimate of drug-likeness (QED) is 0.689. The van der Waals surface area contributed by atoms with Crippen molar-refractivity contribution in [3.05, 3.63) is 35.1 Å². The van der Waals surface area contributed by atoms with Crippen LogP contribution in [0.5, 0.6) is 0 Å². The Morgan fingerprint density at radius 1 is 1.33 bits per heavy atom. The van der Waals surface area contributed by atoms with Gasteiger partial charge in [-0.15, -0.1) is 0 Å². The van der Waals surface area contributed by atoms with Crippen LogP contribution in [0.2, 0.25) is 0 Å². The summed E-state index contributed by atoms with van der Waals surface area (Å²) >= 11 is 0. The molecule has 6 heteroatoms. The van der Waals surface area contributed by atoms with Gasteiger partial charge in [-0.2, -0.15) is 0 Å². The van der Waals surface area contributed by atoms with E-state index in [4.69, 9.17) is 5.11 Å². The van der Waals surface area contributed by atoms with Crippen LogP contribution in [-0.2, 0) is 4.79 Å². The molecule has 0 fully saturated rings. The molecule has 0 saturated carbocycles. The first kappa shape index (κ1) is 16.7. The Morgan fingerprint density at radius 2 is 2.10 bits per heavy atom. The first-order chi connectivity index (χ1) is 10.1. The van der Waals surface area contributed by atoms with E-state index in [1.54, 1.807) is 6.92 Å². The molecule has 0 unspecified atom stereocenters. The summed E-state index contributed by atoms with van der Waals surface area (Å²) in [6.07, 6.45) is 0.302. The fourth-order valence-electron chi connectivity index (χ4n) is 1.51. The van der Waals surface area contributed by atoms with Gasteiger partial charge in [0.25, 0.3) is 5.91 Å². The molecule has 112 valence electrons. The van der Waals surface area contributed by atoms with E-state index in [0.29, 0.717) is 18.5 Å². The molecule has 0 bridgehead atoms. The lowest BCUT2D eigenvalue weighted by atomic mass is 10.1. The molecule has 3 N–H and O–H groups in total. The second-order valence-electron chi connectivity index (χ2n) is 4.11. The van der Waals surface area contributed by atoms with E-state index in [1.165, 1.54) is 12.1 Å². The number of rotatable bonds is 5. The molecule has 0 saturated heterocycles. The third-order valence-corrected chi connectivity index (χ3v) is 2.47. The number of aliphatic hydroxyl groups excluding tert-OH is 1. The van der Waals surface area contributed by atoms with Crippen LogP contribution in [0, 0.1) is 17.7 Å². The number of aliphatic hydroxyl groups is 1. The summed E-state index contributed by atoms with van der Waals surface area (Å²) in [7, 11) is 0. The van der Waals surface area contributed by atoms with Crippen molar-refractivity contribution in [1.82, 2.24) is 10.6 Å². The van der Waals surface area contributed by atoms with E-state index in [9.17, 15) is 14.0 Å². The van der Waals surface area contributed by atoms with Crippen molar-refractivity contribution in [3.63, 3.8) is 0 Å². The van der Waals surface area contributed by atoms with Crippen molar-refractivity contribution in [1.29, 1.82) is 0 Å². The van der Waals surface area contributed by atoms with Gasteiger partial charge in [-0.3, -0.25) is 9.59 Å². The molecule has 2 amide bonds. The molecule has 21 heavy (non-hydrogen) atoms. The number of hydrogen-bond acceptors (Lipinski definition) is 3. The predicted octanol–water partition coefficient (Wildman–Crippen LogP) is 0.425. The zero-order valence-electron chi connectivity index (χ0n) is 11.7. The largest absolute Gasteiger partial charge is 0.395 e. The summed E-state index contributed by atoms with van der Waals surface area (Å²) in [5.74, 6) is 3.63. The summed E-state index contributed by atoms with van der Waals surface area (Å²) in [6, 6.07) is 3.96. The highest BCUT2D eigenvalue weighted by Gasteiger charge is 2.12. The zero-order valence-corrected chi connectivity index (χ0v) is 11.7. The number of likely N-dealkylation sites (N-methyl/N-ethyl adjacent to an activating group) is 1. The number of benzene rings is 1. The number of carbonyl (C=O) groups excluding carboxylic acids is 2. The van der Waals surface area contributed by atoms with E-state index in [2.05, 4.69) is 22.5 Å². The number of hydrogen-bond donors (Lipinski definition) is 3. The van der Waals surface area contributed by atoms with Gasteiger partial charge in [-0.25, -0.2) is 4.39 Å². The SMILES string of the molecule is CCNC(=O)CNC(=O)c1ccc(C#CCCO)cc1F. The molecule has 0 radical (unpaired) electrons. The number of halogens is 1. The van der Waals surface area contributed by atoms with Gasteiger partial charge in [0.1, 0.15) is 5.82 Å². The predicted molar refractivity (Wildman–Crippen MR) is 76.0 cm³/mol. The van der Waals surface area contributed by atoms with Crippen LogP contribution >= 0.6 is 0 Å². The summed E-state index contributed by atoms with van der Waals surface area (Å²) in [5.41, 5.74) is 0.272. The van der Waals surface area contributed by atoms with Gasteiger partial charge in [0.2, 0.25) is 5.91 Å². The standard InChI is InChI=1S/C15H17FN2O3/c1-2-17-14(20)10-18-15(21)12-7-6-11(9-13(12)16)5-3-4-8-19/h6-7,9,19H,2,4,8,10H2,1H3,(H,17,20)(H,18,21). The molecule has 0 aromatic heterocycles. The summed E-state index contributed by atoms with van der Waals surface area (Å²) in [5, 5.41) is 13.5. The van der Waals surface area contributed by atoms with Gasteiger partial charge in [0.15, 0.2) is 0 Å². The second-order valence-corrected chi connectivity index (χ2v) is 4.11. The van der Waals surface area contributed by atoms with Crippen LogP contribution in [0.15, 0.2) is 18.2 Å². The normalized spacial score (nSPS) is 9.48. The fraction of sp³-hybridized carbons (Fsp3) is 0.333. The van der Waals surface area contributed by atoms with E-state index in [0.717, 1.165) is 6.07 Å². The number of carbonyl (C=O) groups is 2. The van der Waals surface area contributed by atoms with E-state index in [-0.39, 0.29) is 24.6 Å². The van der Waals surface area contributed by atoms with Crippen LogP contribution in [-0.4, -0.2) is 36.6 Å². The third kappa shape index (κ3) is 5.63. The van der Waals surface area contributed by atoms with Crippen molar-refractivity contribution < 1.29 is 19.1 Å². The molecule has 0 spiro atoms. The Morgan fingerprint density at radius 3 is 2.71 bits per heavy atom. The third-order valence-electron chi connectivity index (χ3n) is 2.47. The molecule has 1 rings (SSSR count). The topological polar surface area (TPSA) is 78.4 Å². The molecule has 1 aromatic rings. The first-order valence-electron chi connectivity index (χ1n) is 6.52. The van der Waals surface area contributed by atoms with Gasteiger partial charge in [-0.05, 0) is 25.1 Å². The van der Waals surface area contributed by atoms with Gasteiger partial charge in [-0.1, -0.05) is 11.8 Å². The highest BCUT2D eigenvalue weighted by atomic mass is 19.1. The maximum absolute atomic E-state index is 13.8. The van der Waals surface area contributed by atoms with Gasteiger partial charge in [0.05, 0.1) is 18.7 Å². The van der Waals surface area contributed by atoms with Crippen LogP contribution < -0.4 is 10.6 Å². The monoisotopic (exact) mass is 292 g/mol. The van der Waals surface area contributed by atoms with Gasteiger partial charge >= 0.3 is 0 Å². The lowest BCUT2D eigenvalue weighted by Gasteiger charge is -2.06. The average Bonchev–Trinajstić information content (AvgIpc) is 2.45. The molecule has 0 heterocycles. The number of amides is 2. The molecular weight excluding hydrogens is 275 g/mol. The Balaban J connectivity index is 2.69. The Kier molecular flexibility index (Phi) is 6.92. The second kappa shape index (κ2) is 8.72. The summed E-state index contributed by atoms with van der Waals surface area (Å²) in [4.78, 5) is 23.0. The maximum Gasteiger partial charge on any atom is 0.254 e. The molecule has 1 aromatic carbocycles. The molecule has 0 aliphatic carbocycles. The average molecular weight is 292 g/mol. The zero-order chi connectivity index (χ0) is 15.7. The first-order valence-corrected chi connectivity index (χ1v) is 6.52. The minimum absolute atomic E-state index is 0.0597. The highest BCUT2D eigenvalue weighted by molar-refractivity contribution is 5.96. The number of nitrogens with one attached hydrogen (secondary N) is 2. The lowest BCUT2D eigenvalue weighted by Crippen LogP contribution is -2.37. The molecule has 0 aliphatic rings. The van der Waals surface area contributed by atoms with Crippen LogP contribution in [0.4, 0.5) is 4.39 Å². The lowest BCUT2D eigenvalue weighted by molar-refractivity contribution is -0.120. The summed E-state index contributed by atoms with van der Waals surface area (Å²) < 4.78 is 13.8. The Bertz CT molecular complexity index is 576.